The maximum absolute atomic E-state index is 11.8. The minimum atomic E-state index is -0.448. The molecule has 24 heavy (non-hydrogen) atoms. The molecule has 1 heterocycles. The molecule has 0 aliphatic heterocycles. The monoisotopic (exact) mass is 363 g/mol. The van der Waals surface area contributed by atoms with Gasteiger partial charge >= 0.3 is 0 Å². The Hall–Kier alpha value is -2.08. The van der Waals surface area contributed by atoms with Crippen molar-refractivity contribution in [1.82, 2.24) is 10.6 Å². The molecule has 0 radical (unpaired) electrons. The Morgan fingerprint density at radius 2 is 1.92 bits per heavy atom. The summed E-state index contributed by atoms with van der Waals surface area (Å²) in [6.45, 7) is 1.00. The van der Waals surface area contributed by atoms with Crippen molar-refractivity contribution in [2.45, 2.75) is 13.0 Å². The average Bonchev–Trinajstić information content (AvgIpc) is 2.95. The minimum absolute atomic E-state index is 0.350. The Labute approximate surface area is 149 Å². The molecule has 0 saturated heterocycles. The van der Waals surface area contributed by atoms with Gasteiger partial charge in [0.15, 0.2) is 5.95 Å². The highest BCUT2D eigenvalue weighted by Crippen LogP contribution is 2.21. The normalized spacial score (nSPS) is 10.9. The second kappa shape index (κ2) is 7.66. The second-order valence-corrected chi connectivity index (χ2v) is 6.06. The molecule has 0 amide bonds. The van der Waals surface area contributed by atoms with Gasteiger partial charge in [-0.3, -0.25) is 0 Å². The zero-order valence-electron chi connectivity index (χ0n) is 12.7. The van der Waals surface area contributed by atoms with Crippen LogP contribution in [0.25, 0.3) is 5.69 Å². The van der Waals surface area contributed by atoms with E-state index in [0.717, 1.165) is 17.7 Å². The van der Waals surface area contributed by atoms with Gasteiger partial charge in [-0.05, 0) is 35.3 Å². The first-order valence-corrected chi connectivity index (χ1v) is 8.18. The van der Waals surface area contributed by atoms with Gasteiger partial charge in [0.05, 0.1) is 11.8 Å². The number of benzene rings is 2. The molecule has 3 rings (SSSR count). The van der Waals surface area contributed by atoms with E-state index in [0.29, 0.717) is 28.8 Å². The van der Waals surface area contributed by atoms with Gasteiger partial charge in [-0.25, -0.2) is 0 Å². The first-order valence-electron chi connectivity index (χ1n) is 7.43. The Balaban J connectivity index is 1.62. The average molecular weight is 364 g/mol. The lowest BCUT2D eigenvalue weighted by atomic mass is 10.1. The lowest BCUT2D eigenvalue weighted by Gasteiger charge is -2.06. The number of nitrogens with one attached hydrogen (secondary N) is 1. The fourth-order valence-electron chi connectivity index (χ4n) is 2.34. The van der Waals surface area contributed by atoms with Crippen LogP contribution in [0.3, 0.4) is 0 Å². The van der Waals surface area contributed by atoms with Crippen LogP contribution in [0.2, 0.25) is 10.0 Å². The van der Waals surface area contributed by atoms with Crippen LogP contribution in [0.15, 0.2) is 53.1 Å². The molecule has 0 spiro atoms. The van der Waals surface area contributed by atoms with E-state index < -0.39 is 5.95 Å². The summed E-state index contributed by atoms with van der Waals surface area (Å²) in [6, 6.07) is 14.8. The van der Waals surface area contributed by atoms with Crippen LogP contribution in [-0.2, 0) is 13.0 Å². The molecule has 0 aliphatic rings. The van der Waals surface area contributed by atoms with E-state index in [1.165, 1.54) is 4.68 Å². The molecule has 0 bridgehead atoms. The van der Waals surface area contributed by atoms with Crippen LogP contribution < -0.4 is 15.1 Å². The summed E-state index contributed by atoms with van der Waals surface area (Å²) in [5, 5.41) is 20.1. The van der Waals surface area contributed by atoms with E-state index in [2.05, 4.69) is 10.6 Å². The van der Waals surface area contributed by atoms with Crippen molar-refractivity contribution < 1.29 is 14.3 Å². The van der Waals surface area contributed by atoms with Gasteiger partial charge in [-0.1, -0.05) is 47.5 Å². The molecule has 3 aromatic rings. The Kier molecular flexibility index (Phi) is 5.35. The summed E-state index contributed by atoms with van der Waals surface area (Å²) in [5.41, 5.74) is 2.22. The van der Waals surface area contributed by atoms with Crippen molar-refractivity contribution in [2.75, 3.05) is 6.54 Å². The molecule has 2 aromatic carbocycles. The summed E-state index contributed by atoms with van der Waals surface area (Å²) < 4.78 is 6.28. The van der Waals surface area contributed by atoms with E-state index in [1.807, 2.05) is 42.5 Å². The van der Waals surface area contributed by atoms with Crippen molar-refractivity contribution in [3.63, 3.8) is 0 Å². The highest BCUT2D eigenvalue weighted by molar-refractivity contribution is 6.35. The lowest BCUT2D eigenvalue weighted by molar-refractivity contribution is -0.677. The van der Waals surface area contributed by atoms with Crippen LogP contribution in [-0.4, -0.2) is 11.8 Å². The molecule has 1 N–H and O–H groups in total. The van der Waals surface area contributed by atoms with Crippen molar-refractivity contribution >= 4 is 23.2 Å². The minimum Gasteiger partial charge on any atom is -0.539 e. The molecule has 0 saturated carbocycles. The standard InChI is InChI=1S/C17H15Cl2N3O2/c18-13-7-6-12(15(19)10-13)8-9-20-11-16-17(23)24-21-22(16)14-4-2-1-3-5-14/h1-7,10,20H,8-9,11H2. The van der Waals surface area contributed by atoms with E-state index in [9.17, 15) is 5.11 Å². The summed E-state index contributed by atoms with van der Waals surface area (Å²) >= 11 is 12.0. The highest BCUT2D eigenvalue weighted by atomic mass is 35.5. The number of hydrogen-bond donors (Lipinski definition) is 1. The number of rotatable bonds is 6. The van der Waals surface area contributed by atoms with E-state index >= 15 is 0 Å². The van der Waals surface area contributed by atoms with Crippen molar-refractivity contribution in [3.05, 3.63) is 69.8 Å². The maximum atomic E-state index is 11.8. The molecule has 1 aromatic heterocycles. The Morgan fingerprint density at radius 3 is 2.67 bits per heavy atom. The first kappa shape index (κ1) is 16.8. The van der Waals surface area contributed by atoms with Crippen LogP contribution in [0.1, 0.15) is 11.3 Å². The van der Waals surface area contributed by atoms with E-state index in [1.54, 1.807) is 6.07 Å². The Morgan fingerprint density at radius 1 is 1.12 bits per heavy atom. The Bertz CT molecular complexity index is 822. The van der Waals surface area contributed by atoms with Gasteiger partial charge in [0.25, 0.3) is 5.69 Å². The van der Waals surface area contributed by atoms with Gasteiger partial charge in [-0.15, -0.1) is 0 Å². The number of hydrogen-bond acceptors (Lipinski definition) is 4. The van der Waals surface area contributed by atoms with Crippen LogP contribution in [0.4, 0.5) is 0 Å². The third-order valence-electron chi connectivity index (χ3n) is 3.58. The second-order valence-electron chi connectivity index (χ2n) is 5.22. The smallest absolute Gasteiger partial charge is 0.253 e. The molecule has 124 valence electrons. The summed E-state index contributed by atoms with van der Waals surface area (Å²) in [6.07, 6.45) is 0.723. The quantitative estimate of drug-likeness (QED) is 0.540. The van der Waals surface area contributed by atoms with Gasteiger partial charge in [0.2, 0.25) is 5.69 Å². The first-order chi connectivity index (χ1) is 11.6. The molecule has 0 unspecified atom stereocenters. The molecule has 0 atom stereocenters. The number of aromatic nitrogens is 2. The largest absolute Gasteiger partial charge is 0.539 e. The zero-order chi connectivity index (χ0) is 16.9. The third-order valence-corrected chi connectivity index (χ3v) is 4.16. The zero-order valence-corrected chi connectivity index (χ0v) is 14.2. The number of para-hydroxylation sites is 1. The molecule has 0 aliphatic carbocycles. The molecular formula is C17H15Cl2N3O2. The topological polar surface area (TPSA) is 65.0 Å². The van der Waals surface area contributed by atoms with Crippen LogP contribution in [0, 0.1) is 0 Å². The van der Waals surface area contributed by atoms with Gasteiger partial charge in [0, 0.05) is 22.2 Å². The van der Waals surface area contributed by atoms with Gasteiger partial charge in [-0.2, -0.15) is 0 Å². The molecule has 0 fully saturated rings. The summed E-state index contributed by atoms with van der Waals surface area (Å²) in [4.78, 5) is 0. The van der Waals surface area contributed by atoms with Crippen LogP contribution >= 0.6 is 23.2 Å². The van der Waals surface area contributed by atoms with Crippen molar-refractivity contribution in [3.8, 4) is 11.6 Å². The SMILES string of the molecule is [O-]c1on[n+](-c2ccccc2)c1CNCCc1ccc(Cl)cc1Cl. The van der Waals surface area contributed by atoms with E-state index in [-0.39, 0.29) is 0 Å². The fraction of sp³-hybridized carbons (Fsp3) is 0.176. The predicted octanol–water partition coefficient (Wildman–Crippen LogP) is 2.66. The van der Waals surface area contributed by atoms with Crippen molar-refractivity contribution in [2.24, 2.45) is 0 Å². The maximum Gasteiger partial charge on any atom is 0.253 e. The van der Waals surface area contributed by atoms with Crippen LogP contribution in [0.5, 0.6) is 5.95 Å². The van der Waals surface area contributed by atoms with Crippen molar-refractivity contribution in [1.29, 1.82) is 0 Å². The number of halogens is 2. The predicted molar refractivity (Wildman–Crippen MR) is 89.4 cm³/mol. The summed E-state index contributed by atoms with van der Waals surface area (Å²) in [7, 11) is 0. The molecule has 5 nitrogen and oxygen atoms in total. The highest BCUT2D eigenvalue weighted by Gasteiger charge is 2.19. The number of nitrogens with zero attached hydrogens (tertiary/aromatic N) is 2. The van der Waals surface area contributed by atoms with Gasteiger partial charge in [0.1, 0.15) is 0 Å². The lowest BCUT2D eigenvalue weighted by Crippen LogP contribution is -2.39. The molecule has 7 heteroatoms. The third kappa shape index (κ3) is 3.87. The summed E-state index contributed by atoms with van der Waals surface area (Å²) in [5.74, 6) is -0.448. The van der Waals surface area contributed by atoms with Gasteiger partial charge < -0.3 is 14.9 Å². The van der Waals surface area contributed by atoms with E-state index in [4.69, 9.17) is 27.7 Å². The fourth-order valence-corrected chi connectivity index (χ4v) is 2.84. The molecular weight excluding hydrogens is 349 g/mol.